The van der Waals surface area contributed by atoms with Crippen molar-refractivity contribution >= 4 is 5.91 Å². The van der Waals surface area contributed by atoms with E-state index in [9.17, 15) is 9.90 Å². The first kappa shape index (κ1) is 28.4. The zero-order valence-corrected chi connectivity index (χ0v) is 20.1. The molecule has 3 N–H and O–H groups in total. The van der Waals surface area contributed by atoms with E-state index in [4.69, 9.17) is 0 Å². The molecule has 0 bridgehead atoms. The number of quaternary nitrogens is 1. The van der Waals surface area contributed by atoms with Gasteiger partial charge in [-0.1, -0.05) is 78.6 Å². The van der Waals surface area contributed by atoms with Gasteiger partial charge in [0.2, 0.25) is 5.91 Å². The fourth-order valence-corrected chi connectivity index (χ4v) is 3.86. The number of rotatable bonds is 22. The normalized spacial score (nSPS) is 12.4. The lowest BCUT2D eigenvalue weighted by molar-refractivity contribution is -0.900. The third-order valence-corrected chi connectivity index (χ3v) is 5.88. The summed E-state index contributed by atoms with van der Waals surface area (Å²) >= 11 is 0. The van der Waals surface area contributed by atoms with Crippen LogP contribution in [0.5, 0.6) is 0 Å². The maximum absolute atomic E-state index is 12.0. The fraction of sp³-hybridized carbons (Fsp3) is 0.960. The molecule has 1 unspecified atom stereocenters. The standard InChI is InChI=1S/C25H52N2O2/c1-4-7-10-11-12-13-14-17-24(28)18-15-19-25(29)26-20-16-23-27(21-8-5-2)22-9-6-3/h24,28H,4-23H2,1-3H3,(H,26,29)/p+1. The molecule has 4 heteroatoms. The van der Waals surface area contributed by atoms with Gasteiger partial charge in [0, 0.05) is 19.4 Å². The molecule has 29 heavy (non-hydrogen) atoms. The summed E-state index contributed by atoms with van der Waals surface area (Å²) in [5.74, 6) is 0.150. The molecular formula is C25H53N2O2+. The van der Waals surface area contributed by atoms with Crippen molar-refractivity contribution < 1.29 is 14.8 Å². The van der Waals surface area contributed by atoms with Crippen molar-refractivity contribution in [3.63, 3.8) is 0 Å². The van der Waals surface area contributed by atoms with Crippen molar-refractivity contribution in [2.24, 2.45) is 0 Å². The van der Waals surface area contributed by atoms with E-state index in [1.54, 1.807) is 4.90 Å². The lowest BCUT2D eigenvalue weighted by Crippen LogP contribution is -3.12. The Labute approximate surface area is 182 Å². The molecule has 1 atom stereocenters. The van der Waals surface area contributed by atoms with Crippen LogP contribution in [0.4, 0.5) is 0 Å². The first-order valence-corrected chi connectivity index (χ1v) is 12.9. The van der Waals surface area contributed by atoms with Crippen LogP contribution in [0.25, 0.3) is 0 Å². The van der Waals surface area contributed by atoms with Crippen LogP contribution in [0.15, 0.2) is 0 Å². The van der Waals surface area contributed by atoms with Crippen LogP contribution in [-0.2, 0) is 4.79 Å². The van der Waals surface area contributed by atoms with Crippen molar-refractivity contribution in [1.29, 1.82) is 0 Å². The number of nitrogens with one attached hydrogen (secondary N) is 2. The molecule has 0 aromatic heterocycles. The van der Waals surface area contributed by atoms with E-state index in [1.165, 1.54) is 77.3 Å². The van der Waals surface area contributed by atoms with E-state index in [0.717, 1.165) is 45.2 Å². The minimum atomic E-state index is -0.229. The van der Waals surface area contributed by atoms with Gasteiger partial charge in [-0.25, -0.2) is 0 Å². The predicted molar refractivity (Wildman–Crippen MR) is 125 cm³/mol. The topological polar surface area (TPSA) is 53.8 Å². The third-order valence-electron chi connectivity index (χ3n) is 5.88. The minimum absolute atomic E-state index is 0.150. The first-order valence-electron chi connectivity index (χ1n) is 12.9. The highest BCUT2D eigenvalue weighted by Crippen LogP contribution is 2.12. The predicted octanol–water partition coefficient (Wildman–Crippen LogP) is 4.65. The zero-order valence-electron chi connectivity index (χ0n) is 20.1. The average Bonchev–Trinajstić information content (AvgIpc) is 2.71. The highest BCUT2D eigenvalue weighted by molar-refractivity contribution is 5.75. The summed E-state index contributed by atoms with van der Waals surface area (Å²) in [7, 11) is 0. The second-order valence-corrected chi connectivity index (χ2v) is 8.87. The second kappa shape index (κ2) is 22.1. The highest BCUT2D eigenvalue weighted by Gasteiger charge is 2.09. The van der Waals surface area contributed by atoms with Crippen LogP contribution in [0.1, 0.15) is 124 Å². The van der Waals surface area contributed by atoms with Gasteiger partial charge in [0.15, 0.2) is 0 Å². The summed E-state index contributed by atoms with van der Waals surface area (Å²) in [4.78, 5) is 13.7. The second-order valence-electron chi connectivity index (χ2n) is 8.87. The summed E-state index contributed by atoms with van der Waals surface area (Å²) in [6.07, 6.45) is 17.9. The molecule has 0 radical (unpaired) electrons. The molecule has 0 saturated carbocycles. The molecule has 0 fully saturated rings. The number of unbranched alkanes of at least 4 members (excludes halogenated alkanes) is 8. The van der Waals surface area contributed by atoms with E-state index in [1.807, 2.05) is 0 Å². The summed E-state index contributed by atoms with van der Waals surface area (Å²) in [6.45, 7) is 11.2. The average molecular weight is 414 g/mol. The van der Waals surface area contributed by atoms with E-state index >= 15 is 0 Å². The number of hydrogen-bond donors (Lipinski definition) is 3. The van der Waals surface area contributed by atoms with Crippen molar-refractivity contribution in [3.05, 3.63) is 0 Å². The summed E-state index contributed by atoms with van der Waals surface area (Å²) in [5, 5.41) is 13.2. The molecule has 4 nitrogen and oxygen atoms in total. The Morgan fingerprint density at radius 3 is 1.86 bits per heavy atom. The molecule has 1 amide bonds. The Kier molecular flexibility index (Phi) is 21.6. The Morgan fingerprint density at radius 1 is 0.724 bits per heavy atom. The molecule has 0 aliphatic rings. The van der Waals surface area contributed by atoms with Gasteiger partial charge in [-0.2, -0.15) is 0 Å². The molecule has 0 rings (SSSR count). The van der Waals surface area contributed by atoms with Gasteiger partial charge >= 0.3 is 0 Å². The lowest BCUT2D eigenvalue weighted by atomic mass is 10.0. The molecule has 0 aliphatic carbocycles. The number of aliphatic hydroxyl groups is 1. The summed E-state index contributed by atoms with van der Waals surface area (Å²) in [6, 6.07) is 0. The van der Waals surface area contributed by atoms with Crippen molar-refractivity contribution in [2.75, 3.05) is 26.2 Å². The molecule has 174 valence electrons. The molecule has 0 aromatic carbocycles. The summed E-state index contributed by atoms with van der Waals surface area (Å²) < 4.78 is 0. The SMILES string of the molecule is CCCCCCCCCC(O)CCCC(=O)NCCC[NH+](CCCC)CCCC. The van der Waals surface area contributed by atoms with Crippen molar-refractivity contribution in [3.8, 4) is 0 Å². The van der Waals surface area contributed by atoms with Gasteiger partial charge < -0.3 is 15.3 Å². The molecule has 0 saturated heterocycles. The van der Waals surface area contributed by atoms with Gasteiger partial charge in [0.1, 0.15) is 0 Å². The molecule has 0 aromatic rings. The van der Waals surface area contributed by atoms with Crippen LogP contribution in [0.3, 0.4) is 0 Å². The van der Waals surface area contributed by atoms with E-state index in [2.05, 4.69) is 26.1 Å². The van der Waals surface area contributed by atoms with Crippen molar-refractivity contribution in [1.82, 2.24) is 5.32 Å². The molecule has 0 aliphatic heterocycles. The van der Waals surface area contributed by atoms with Crippen LogP contribution in [0, 0.1) is 0 Å². The fourth-order valence-electron chi connectivity index (χ4n) is 3.86. The number of aliphatic hydroxyl groups excluding tert-OH is 1. The Morgan fingerprint density at radius 2 is 1.24 bits per heavy atom. The van der Waals surface area contributed by atoms with Gasteiger partial charge in [-0.05, 0) is 32.1 Å². The van der Waals surface area contributed by atoms with Crippen molar-refractivity contribution in [2.45, 2.75) is 130 Å². The maximum Gasteiger partial charge on any atom is 0.219 e. The van der Waals surface area contributed by atoms with Gasteiger partial charge in [0.25, 0.3) is 0 Å². The zero-order chi connectivity index (χ0) is 21.6. The largest absolute Gasteiger partial charge is 0.393 e. The lowest BCUT2D eigenvalue weighted by Gasteiger charge is -2.19. The number of amides is 1. The number of hydrogen-bond acceptors (Lipinski definition) is 2. The Bertz CT molecular complexity index is 342. The quantitative estimate of drug-likeness (QED) is 0.226. The monoisotopic (exact) mass is 413 g/mol. The molecule has 0 spiro atoms. The smallest absolute Gasteiger partial charge is 0.219 e. The van der Waals surface area contributed by atoms with E-state index < -0.39 is 0 Å². The minimum Gasteiger partial charge on any atom is -0.393 e. The van der Waals surface area contributed by atoms with E-state index in [-0.39, 0.29) is 12.0 Å². The highest BCUT2D eigenvalue weighted by atomic mass is 16.3. The van der Waals surface area contributed by atoms with Crippen LogP contribution in [-0.4, -0.2) is 43.3 Å². The Balaban J connectivity index is 3.60. The number of carbonyl (C=O) groups is 1. The van der Waals surface area contributed by atoms with Crippen LogP contribution in [0.2, 0.25) is 0 Å². The van der Waals surface area contributed by atoms with Crippen LogP contribution < -0.4 is 10.2 Å². The summed E-state index contributed by atoms with van der Waals surface area (Å²) in [5.41, 5.74) is 0. The molecular weight excluding hydrogens is 360 g/mol. The van der Waals surface area contributed by atoms with E-state index in [0.29, 0.717) is 6.42 Å². The first-order chi connectivity index (χ1) is 14.1. The van der Waals surface area contributed by atoms with Crippen LogP contribution >= 0.6 is 0 Å². The Hall–Kier alpha value is -0.610. The van der Waals surface area contributed by atoms with Gasteiger partial charge in [-0.3, -0.25) is 4.79 Å². The third kappa shape index (κ3) is 20.4. The maximum atomic E-state index is 12.0. The number of carbonyl (C=O) groups excluding carboxylic acids is 1. The van der Waals surface area contributed by atoms with Gasteiger partial charge in [-0.15, -0.1) is 0 Å². The van der Waals surface area contributed by atoms with Gasteiger partial charge in [0.05, 0.1) is 25.7 Å². The molecule has 0 heterocycles.